The zero-order chi connectivity index (χ0) is 20.9. The standard InChI is InChI=1S/C16H23NO11.2CH4/c18-9-13(19)15(21)14(20)10-26-6-5-25-7-8-27-16(22)28-12-3-1-11(2-4-12)17(23)24;;/h1-4,13-15,18-21H,5-10H2;2*1H4. The van der Waals surface area contributed by atoms with Crippen LogP contribution in [0.3, 0.4) is 0 Å². The largest absolute Gasteiger partial charge is 0.513 e. The minimum atomic E-state index is -1.53. The third kappa shape index (κ3) is 11.6. The topological polar surface area (TPSA) is 178 Å². The third-order valence-corrected chi connectivity index (χ3v) is 3.33. The van der Waals surface area contributed by atoms with Gasteiger partial charge in [-0.1, -0.05) is 14.9 Å². The molecule has 0 saturated carbocycles. The predicted molar refractivity (Wildman–Crippen MR) is 105 cm³/mol. The SMILES string of the molecule is C.C.O=C(OCCOCCOCC(O)C(O)C(O)CO)Oc1ccc([N+](=O)[O-])cc1. The Morgan fingerprint density at radius 2 is 1.53 bits per heavy atom. The summed E-state index contributed by atoms with van der Waals surface area (Å²) in [5, 5.41) is 47.2. The lowest BCUT2D eigenvalue weighted by Crippen LogP contribution is -2.42. The molecule has 0 aliphatic heterocycles. The van der Waals surface area contributed by atoms with E-state index in [0.717, 1.165) is 0 Å². The lowest BCUT2D eigenvalue weighted by atomic mass is 10.1. The zero-order valence-corrected chi connectivity index (χ0v) is 14.9. The second kappa shape index (κ2) is 16.4. The highest BCUT2D eigenvalue weighted by Gasteiger charge is 2.23. The van der Waals surface area contributed by atoms with Crippen LogP contribution in [0.15, 0.2) is 24.3 Å². The van der Waals surface area contributed by atoms with Crippen LogP contribution in [0.25, 0.3) is 0 Å². The molecule has 1 aromatic carbocycles. The average molecular weight is 437 g/mol. The molecule has 12 nitrogen and oxygen atoms in total. The van der Waals surface area contributed by atoms with Crippen LogP contribution in [-0.2, 0) is 14.2 Å². The Hall–Kier alpha value is -2.35. The smallest absolute Gasteiger partial charge is 0.432 e. The van der Waals surface area contributed by atoms with Gasteiger partial charge in [0.1, 0.15) is 30.7 Å². The fourth-order valence-corrected chi connectivity index (χ4v) is 1.83. The molecular weight excluding hydrogens is 406 g/mol. The Bertz CT molecular complexity index is 596. The summed E-state index contributed by atoms with van der Waals surface area (Å²) < 4.78 is 19.7. The van der Waals surface area contributed by atoms with Crippen LogP contribution in [0.5, 0.6) is 5.75 Å². The van der Waals surface area contributed by atoms with E-state index in [0.29, 0.717) is 0 Å². The molecule has 0 aromatic heterocycles. The molecular formula is C18H31NO11. The van der Waals surface area contributed by atoms with E-state index in [1.54, 1.807) is 0 Å². The van der Waals surface area contributed by atoms with E-state index in [9.17, 15) is 25.1 Å². The minimum absolute atomic E-state index is 0. The molecule has 0 aliphatic rings. The van der Waals surface area contributed by atoms with Crippen molar-refractivity contribution < 1.29 is 49.1 Å². The fraction of sp³-hybridized carbons (Fsp3) is 0.611. The molecule has 0 bridgehead atoms. The molecule has 3 atom stereocenters. The van der Waals surface area contributed by atoms with Crippen molar-refractivity contribution in [1.29, 1.82) is 0 Å². The van der Waals surface area contributed by atoms with Crippen molar-refractivity contribution in [3.63, 3.8) is 0 Å². The molecule has 12 heteroatoms. The number of aliphatic hydroxyl groups is 4. The highest BCUT2D eigenvalue weighted by Crippen LogP contribution is 2.17. The van der Waals surface area contributed by atoms with Crippen LogP contribution in [0.4, 0.5) is 10.5 Å². The first-order chi connectivity index (χ1) is 13.3. The molecule has 4 N–H and O–H groups in total. The summed E-state index contributed by atoms with van der Waals surface area (Å²) >= 11 is 0. The lowest BCUT2D eigenvalue weighted by Gasteiger charge is -2.21. The Balaban J connectivity index is 0. The number of aliphatic hydroxyl groups excluding tert-OH is 4. The quantitative estimate of drug-likeness (QED) is 0.111. The summed E-state index contributed by atoms with van der Waals surface area (Å²) in [5.74, 6) is 0.0944. The Labute approximate surface area is 174 Å². The molecule has 174 valence electrons. The zero-order valence-electron chi connectivity index (χ0n) is 14.9. The van der Waals surface area contributed by atoms with Gasteiger partial charge in [-0.15, -0.1) is 0 Å². The Morgan fingerprint density at radius 1 is 0.967 bits per heavy atom. The van der Waals surface area contributed by atoms with E-state index in [-0.39, 0.29) is 59.3 Å². The van der Waals surface area contributed by atoms with Gasteiger partial charge in [0.2, 0.25) is 0 Å². The first-order valence-corrected chi connectivity index (χ1v) is 8.24. The average Bonchev–Trinajstić information content (AvgIpc) is 2.68. The minimum Gasteiger partial charge on any atom is -0.432 e. The van der Waals surface area contributed by atoms with E-state index in [2.05, 4.69) is 0 Å². The van der Waals surface area contributed by atoms with Crippen LogP contribution in [-0.4, -0.2) is 89.5 Å². The maximum Gasteiger partial charge on any atom is 0.513 e. The van der Waals surface area contributed by atoms with Crippen molar-refractivity contribution in [2.45, 2.75) is 33.2 Å². The summed E-state index contributed by atoms with van der Waals surface area (Å²) in [6.45, 7) is -0.811. The molecule has 0 saturated heterocycles. The number of benzene rings is 1. The number of carbonyl (C=O) groups is 1. The normalized spacial score (nSPS) is 13.2. The van der Waals surface area contributed by atoms with Gasteiger partial charge in [-0.05, 0) is 12.1 Å². The summed E-state index contributed by atoms with van der Waals surface area (Å²) in [6, 6.07) is 4.90. The number of nitrogens with zero attached hydrogens (tertiary/aromatic N) is 1. The van der Waals surface area contributed by atoms with Gasteiger partial charge in [-0.2, -0.15) is 0 Å². The number of ether oxygens (including phenoxy) is 4. The Kier molecular flexibility index (Phi) is 16.4. The second-order valence-corrected chi connectivity index (χ2v) is 5.45. The summed E-state index contributed by atoms with van der Waals surface area (Å²) in [6.07, 6.45) is -5.34. The molecule has 1 rings (SSSR count). The lowest BCUT2D eigenvalue weighted by molar-refractivity contribution is -0.384. The van der Waals surface area contributed by atoms with Crippen molar-refractivity contribution >= 4 is 11.8 Å². The summed E-state index contributed by atoms with van der Waals surface area (Å²) in [4.78, 5) is 21.4. The van der Waals surface area contributed by atoms with Crippen molar-refractivity contribution in [2.75, 3.05) is 39.6 Å². The van der Waals surface area contributed by atoms with Gasteiger partial charge in [0.05, 0.1) is 38.0 Å². The number of hydrogen-bond donors (Lipinski definition) is 4. The molecule has 0 radical (unpaired) electrons. The van der Waals surface area contributed by atoms with E-state index in [1.165, 1.54) is 24.3 Å². The number of nitro benzene ring substituents is 1. The second-order valence-electron chi connectivity index (χ2n) is 5.45. The third-order valence-electron chi connectivity index (χ3n) is 3.33. The van der Waals surface area contributed by atoms with Crippen LogP contribution >= 0.6 is 0 Å². The first-order valence-electron chi connectivity index (χ1n) is 8.24. The Morgan fingerprint density at radius 3 is 2.10 bits per heavy atom. The van der Waals surface area contributed by atoms with Gasteiger partial charge in [0, 0.05) is 12.1 Å². The van der Waals surface area contributed by atoms with E-state index in [4.69, 9.17) is 29.2 Å². The van der Waals surface area contributed by atoms with Crippen LogP contribution in [0.1, 0.15) is 14.9 Å². The van der Waals surface area contributed by atoms with Crippen LogP contribution in [0.2, 0.25) is 0 Å². The maximum atomic E-state index is 11.4. The van der Waals surface area contributed by atoms with Crippen LogP contribution in [0, 0.1) is 10.1 Å². The van der Waals surface area contributed by atoms with Gasteiger partial charge in [0.25, 0.3) is 5.69 Å². The first kappa shape index (κ1) is 29.8. The highest BCUT2D eigenvalue weighted by molar-refractivity contribution is 5.63. The van der Waals surface area contributed by atoms with E-state index >= 15 is 0 Å². The molecule has 0 amide bonds. The van der Waals surface area contributed by atoms with Crippen molar-refractivity contribution in [3.05, 3.63) is 34.4 Å². The van der Waals surface area contributed by atoms with Crippen molar-refractivity contribution in [3.8, 4) is 5.75 Å². The highest BCUT2D eigenvalue weighted by atomic mass is 16.7. The molecule has 1 aromatic rings. The maximum absolute atomic E-state index is 11.4. The summed E-state index contributed by atoms with van der Waals surface area (Å²) in [7, 11) is 0. The van der Waals surface area contributed by atoms with Crippen LogP contribution < -0.4 is 4.74 Å². The van der Waals surface area contributed by atoms with Crippen molar-refractivity contribution in [2.24, 2.45) is 0 Å². The van der Waals surface area contributed by atoms with Crippen molar-refractivity contribution in [1.82, 2.24) is 0 Å². The number of nitro groups is 1. The molecule has 0 aliphatic carbocycles. The fourth-order valence-electron chi connectivity index (χ4n) is 1.83. The molecule has 3 unspecified atom stereocenters. The van der Waals surface area contributed by atoms with Gasteiger partial charge in [-0.25, -0.2) is 4.79 Å². The molecule has 0 spiro atoms. The molecule has 30 heavy (non-hydrogen) atoms. The molecule has 0 heterocycles. The van der Waals surface area contributed by atoms with E-state index in [1.807, 2.05) is 0 Å². The van der Waals surface area contributed by atoms with Gasteiger partial charge < -0.3 is 39.4 Å². The summed E-state index contributed by atoms with van der Waals surface area (Å²) in [5.41, 5.74) is -0.136. The van der Waals surface area contributed by atoms with Gasteiger partial charge in [0.15, 0.2) is 0 Å². The number of hydrogen-bond acceptors (Lipinski definition) is 11. The monoisotopic (exact) mass is 437 g/mol. The van der Waals surface area contributed by atoms with Gasteiger partial charge >= 0.3 is 6.16 Å². The number of rotatable bonds is 13. The predicted octanol–water partition coefficient (Wildman–Crippen LogP) is 0.491. The van der Waals surface area contributed by atoms with Gasteiger partial charge in [-0.3, -0.25) is 10.1 Å². The number of non-ortho nitro benzene ring substituents is 1. The molecule has 0 fully saturated rings. The van der Waals surface area contributed by atoms with E-state index < -0.39 is 36.0 Å². The number of carbonyl (C=O) groups excluding carboxylic acids is 1.